The summed E-state index contributed by atoms with van der Waals surface area (Å²) in [7, 11) is 0. The summed E-state index contributed by atoms with van der Waals surface area (Å²) in [6.45, 7) is 4.58. The number of rotatable bonds is 3. The highest BCUT2D eigenvalue weighted by Crippen LogP contribution is 2.35. The molecule has 0 aliphatic carbocycles. The number of furan rings is 1. The molecule has 1 fully saturated rings. The Balaban J connectivity index is 1.64. The fourth-order valence-corrected chi connectivity index (χ4v) is 4.25. The summed E-state index contributed by atoms with van der Waals surface area (Å²) in [6.07, 6.45) is 3.93. The molecular formula is C18H19N3O2S. The molecule has 0 aromatic carbocycles. The fourth-order valence-electron chi connectivity index (χ4n) is 3.26. The second-order valence-electron chi connectivity index (χ2n) is 6.13. The number of amides is 1. The van der Waals surface area contributed by atoms with Crippen molar-refractivity contribution in [2.24, 2.45) is 0 Å². The summed E-state index contributed by atoms with van der Waals surface area (Å²) in [5, 5.41) is 0.763. The summed E-state index contributed by atoms with van der Waals surface area (Å²) in [4.78, 5) is 23.5. The van der Waals surface area contributed by atoms with Gasteiger partial charge in [0.05, 0.1) is 11.7 Å². The summed E-state index contributed by atoms with van der Waals surface area (Å²) in [5.74, 6) is 1.63. The Hall–Kier alpha value is -2.34. The van der Waals surface area contributed by atoms with Crippen LogP contribution in [0.5, 0.6) is 0 Å². The fraction of sp³-hybridized carbons (Fsp3) is 0.333. The van der Waals surface area contributed by atoms with E-state index in [4.69, 9.17) is 4.42 Å². The predicted octanol–water partition coefficient (Wildman–Crippen LogP) is 4.33. The Labute approximate surface area is 144 Å². The maximum Gasteiger partial charge on any atom is 0.266 e. The van der Waals surface area contributed by atoms with Gasteiger partial charge in [0.25, 0.3) is 5.91 Å². The Morgan fingerprint density at radius 2 is 2.25 bits per heavy atom. The van der Waals surface area contributed by atoms with Crippen LogP contribution < -0.4 is 0 Å². The molecule has 5 nitrogen and oxygen atoms in total. The first kappa shape index (κ1) is 15.2. The zero-order chi connectivity index (χ0) is 16.7. The third kappa shape index (κ3) is 2.57. The number of likely N-dealkylation sites (tertiary alicyclic amines) is 1. The first-order chi connectivity index (χ1) is 11.6. The van der Waals surface area contributed by atoms with Crippen molar-refractivity contribution in [3.63, 3.8) is 0 Å². The van der Waals surface area contributed by atoms with Crippen LogP contribution in [0.15, 0.2) is 34.9 Å². The van der Waals surface area contributed by atoms with Gasteiger partial charge >= 0.3 is 0 Å². The maximum atomic E-state index is 13.1. The van der Waals surface area contributed by atoms with Crippen LogP contribution in [-0.4, -0.2) is 27.3 Å². The van der Waals surface area contributed by atoms with Crippen LogP contribution >= 0.6 is 11.3 Å². The standard InChI is InChI=1S/C18H19N3O2S/c1-11-7-8-15(23-11)17-20-12(2)16(24-17)18(22)21-10-4-6-14(21)13-5-3-9-19-13/h3,5,7-9,14,19H,4,6,10H2,1-2H3. The number of aromatic nitrogens is 2. The van der Waals surface area contributed by atoms with E-state index in [0.29, 0.717) is 4.88 Å². The van der Waals surface area contributed by atoms with Gasteiger partial charge in [-0.2, -0.15) is 0 Å². The molecule has 1 atom stereocenters. The number of H-pyrrole nitrogens is 1. The van der Waals surface area contributed by atoms with Crippen molar-refractivity contribution in [2.45, 2.75) is 32.7 Å². The van der Waals surface area contributed by atoms with E-state index in [1.807, 2.05) is 49.2 Å². The van der Waals surface area contributed by atoms with Crippen molar-refractivity contribution in [2.75, 3.05) is 6.54 Å². The van der Waals surface area contributed by atoms with E-state index in [1.54, 1.807) is 0 Å². The number of hydrogen-bond donors (Lipinski definition) is 1. The second kappa shape index (κ2) is 5.94. The Bertz CT molecular complexity index is 863. The molecule has 3 aromatic rings. The Kier molecular flexibility index (Phi) is 3.76. The molecule has 1 saturated heterocycles. The van der Waals surface area contributed by atoms with Gasteiger partial charge in [0, 0.05) is 18.4 Å². The molecule has 1 unspecified atom stereocenters. The van der Waals surface area contributed by atoms with Gasteiger partial charge in [-0.25, -0.2) is 4.98 Å². The first-order valence-corrected chi connectivity index (χ1v) is 8.93. The highest BCUT2D eigenvalue weighted by atomic mass is 32.1. The molecular weight excluding hydrogens is 322 g/mol. The SMILES string of the molecule is Cc1ccc(-c2nc(C)c(C(=O)N3CCCC3c3ccc[nH]3)s2)o1. The predicted molar refractivity (Wildman–Crippen MR) is 93.1 cm³/mol. The lowest BCUT2D eigenvalue weighted by Gasteiger charge is -2.23. The van der Waals surface area contributed by atoms with Crippen molar-refractivity contribution >= 4 is 17.2 Å². The molecule has 4 heterocycles. The first-order valence-electron chi connectivity index (χ1n) is 8.12. The monoisotopic (exact) mass is 341 g/mol. The summed E-state index contributed by atoms with van der Waals surface area (Å²) in [6, 6.07) is 7.97. The average Bonchev–Trinajstić information content (AvgIpc) is 3.33. The van der Waals surface area contributed by atoms with Crippen LogP contribution in [0.3, 0.4) is 0 Å². The quantitative estimate of drug-likeness (QED) is 0.771. The Morgan fingerprint density at radius 3 is 2.96 bits per heavy atom. The van der Waals surface area contributed by atoms with E-state index in [-0.39, 0.29) is 11.9 Å². The number of nitrogens with one attached hydrogen (secondary N) is 1. The van der Waals surface area contributed by atoms with Crippen LogP contribution in [0.1, 0.15) is 45.7 Å². The number of hydrogen-bond acceptors (Lipinski definition) is 4. The number of thiazole rings is 1. The van der Waals surface area contributed by atoms with Gasteiger partial charge in [-0.15, -0.1) is 11.3 Å². The van der Waals surface area contributed by atoms with Crippen molar-refractivity contribution in [3.05, 3.63) is 52.5 Å². The van der Waals surface area contributed by atoms with Crippen molar-refractivity contribution in [3.8, 4) is 10.8 Å². The minimum atomic E-state index is 0.0663. The number of aryl methyl sites for hydroxylation is 2. The number of nitrogens with zero attached hydrogens (tertiary/aromatic N) is 2. The van der Waals surface area contributed by atoms with Gasteiger partial charge in [0.1, 0.15) is 10.6 Å². The minimum absolute atomic E-state index is 0.0663. The van der Waals surface area contributed by atoms with E-state index in [2.05, 4.69) is 9.97 Å². The van der Waals surface area contributed by atoms with Crippen molar-refractivity contribution in [1.29, 1.82) is 0 Å². The largest absolute Gasteiger partial charge is 0.459 e. The lowest BCUT2D eigenvalue weighted by molar-refractivity contribution is 0.0737. The zero-order valence-corrected chi connectivity index (χ0v) is 14.5. The van der Waals surface area contributed by atoms with Crippen molar-refractivity contribution < 1.29 is 9.21 Å². The van der Waals surface area contributed by atoms with Crippen LogP contribution in [-0.2, 0) is 0 Å². The van der Waals surface area contributed by atoms with E-state index >= 15 is 0 Å². The number of aromatic amines is 1. The molecule has 1 aliphatic heterocycles. The van der Waals surface area contributed by atoms with Gasteiger partial charge in [0.15, 0.2) is 10.8 Å². The normalized spacial score (nSPS) is 17.6. The molecule has 3 aromatic heterocycles. The van der Waals surface area contributed by atoms with E-state index in [9.17, 15) is 4.79 Å². The number of carbonyl (C=O) groups excluding carboxylic acids is 1. The molecule has 1 amide bonds. The molecule has 0 radical (unpaired) electrons. The van der Waals surface area contributed by atoms with Crippen LogP contribution in [0.2, 0.25) is 0 Å². The highest BCUT2D eigenvalue weighted by molar-refractivity contribution is 7.17. The third-order valence-corrected chi connectivity index (χ3v) is 5.60. The molecule has 24 heavy (non-hydrogen) atoms. The second-order valence-corrected chi connectivity index (χ2v) is 7.12. The van der Waals surface area contributed by atoms with Gasteiger partial charge in [-0.05, 0) is 51.0 Å². The lowest BCUT2D eigenvalue weighted by atomic mass is 10.1. The number of carbonyl (C=O) groups is 1. The summed E-state index contributed by atoms with van der Waals surface area (Å²) >= 11 is 1.41. The van der Waals surface area contributed by atoms with E-state index in [1.165, 1.54) is 11.3 Å². The smallest absolute Gasteiger partial charge is 0.266 e. The van der Waals surface area contributed by atoms with Crippen LogP contribution in [0.4, 0.5) is 0 Å². The molecule has 4 rings (SSSR count). The topological polar surface area (TPSA) is 62.1 Å². The molecule has 1 aliphatic rings. The minimum Gasteiger partial charge on any atom is -0.459 e. The van der Waals surface area contributed by atoms with E-state index in [0.717, 1.165) is 47.3 Å². The van der Waals surface area contributed by atoms with Crippen LogP contribution in [0, 0.1) is 13.8 Å². The van der Waals surface area contributed by atoms with Crippen LogP contribution in [0.25, 0.3) is 10.8 Å². The molecule has 1 N–H and O–H groups in total. The van der Waals surface area contributed by atoms with Gasteiger partial charge < -0.3 is 14.3 Å². The van der Waals surface area contributed by atoms with Gasteiger partial charge in [0.2, 0.25) is 0 Å². The highest BCUT2D eigenvalue weighted by Gasteiger charge is 2.33. The van der Waals surface area contributed by atoms with Crippen molar-refractivity contribution in [1.82, 2.24) is 14.9 Å². The average molecular weight is 341 g/mol. The lowest BCUT2D eigenvalue weighted by Crippen LogP contribution is -2.30. The van der Waals surface area contributed by atoms with Gasteiger partial charge in [-0.1, -0.05) is 0 Å². The molecule has 0 saturated carbocycles. The third-order valence-electron chi connectivity index (χ3n) is 4.44. The molecule has 124 valence electrons. The molecule has 0 bridgehead atoms. The van der Waals surface area contributed by atoms with Gasteiger partial charge in [-0.3, -0.25) is 4.79 Å². The van der Waals surface area contributed by atoms with E-state index < -0.39 is 0 Å². The molecule has 0 spiro atoms. The Morgan fingerprint density at radius 1 is 1.38 bits per heavy atom. The summed E-state index contributed by atoms with van der Waals surface area (Å²) < 4.78 is 5.64. The zero-order valence-electron chi connectivity index (χ0n) is 13.7. The molecule has 6 heteroatoms. The summed E-state index contributed by atoms with van der Waals surface area (Å²) in [5.41, 5.74) is 1.87. The maximum absolute atomic E-state index is 13.1.